The zero-order valence-corrected chi connectivity index (χ0v) is 16.6. The van der Waals surface area contributed by atoms with E-state index >= 15 is 0 Å². The van der Waals surface area contributed by atoms with E-state index in [9.17, 15) is 5.26 Å². The molecule has 0 atom stereocenters. The second kappa shape index (κ2) is 8.55. The Balaban J connectivity index is 2.25. The number of hydrogen-bond donors (Lipinski definition) is 0. The minimum absolute atomic E-state index is 0.362. The van der Waals surface area contributed by atoms with E-state index in [4.69, 9.17) is 16.3 Å². The van der Waals surface area contributed by atoms with Crippen LogP contribution in [0.2, 0.25) is 5.02 Å². The lowest BCUT2D eigenvalue weighted by atomic mass is 9.98. The van der Waals surface area contributed by atoms with E-state index in [0.717, 1.165) is 22.4 Å². The molecular weight excluding hydrogens is 372 g/mol. The lowest BCUT2D eigenvalue weighted by molar-refractivity contribution is 0.415. The molecule has 0 fully saturated rings. The molecule has 0 N–H and O–H groups in total. The highest BCUT2D eigenvalue weighted by atomic mass is 35.5. The second-order valence-electron chi connectivity index (χ2n) is 6.31. The zero-order valence-electron chi connectivity index (χ0n) is 15.8. The number of methoxy groups -OCH3 is 1. The van der Waals surface area contributed by atoms with Crippen LogP contribution in [0.4, 0.5) is 5.82 Å². The van der Waals surface area contributed by atoms with E-state index in [1.54, 1.807) is 30.5 Å². The lowest BCUT2D eigenvalue weighted by Crippen LogP contribution is -2.07. The third-order valence-electron chi connectivity index (χ3n) is 4.04. The van der Waals surface area contributed by atoms with Crippen molar-refractivity contribution in [3.63, 3.8) is 0 Å². The summed E-state index contributed by atoms with van der Waals surface area (Å²) in [5.41, 5.74) is 3.60. The van der Waals surface area contributed by atoms with Crippen LogP contribution in [-0.4, -0.2) is 37.4 Å². The Morgan fingerprint density at radius 1 is 1.11 bits per heavy atom. The number of benzene rings is 2. The minimum atomic E-state index is 0.362. The second-order valence-corrected chi connectivity index (χ2v) is 6.75. The number of aliphatic imine (C=N–C) groups is 1. The third-order valence-corrected chi connectivity index (χ3v) is 4.30. The number of halogens is 1. The molecule has 0 bridgehead atoms. The topological polar surface area (TPSA) is 61.5 Å². The maximum absolute atomic E-state index is 9.80. The Kier molecular flexibility index (Phi) is 5.93. The molecule has 0 aliphatic rings. The van der Waals surface area contributed by atoms with Gasteiger partial charge in [-0.25, -0.2) is 9.98 Å². The van der Waals surface area contributed by atoms with Crippen molar-refractivity contribution in [3.8, 4) is 34.2 Å². The summed E-state index contributed by atoms with van der Waals surface area (Å²) in [6.45, 7) is 0. The Bertz CT molecular complexity index is 1050. The van der Waals surface area contributed by atoms with Crippen molar-refractivity contribution < 1.29 is 4.74 Å². The molecule has 0 saturated heterocycles. The molecule has 5 nitrogen and oxygen atoms in total. The van der Waals surface area contributed by atoms with Crippen molar-refractivity contribution in [1.29, 1.82) is 5.26 Å². The van der Waals surface area contributed by atoms with E-state index < -0.39 is 0 Å². The molecule has 0 aliphatic heterocycles. The molecule has 0 radical (unpaired) electrons. The maximum Gasteiger partial charge on any atom is 0.172 e. The van der Waals surface area contributed by atoms with Gasteiger partial charge in [0.1, 0.15) is 17.4 Å². The molecule has 0 aliphatic carbocycles. The first kappa shape index (κ1) is 19.4. The number of nitrogens with zero attached hydrogens (tertiary/aromatic N) is 4. The smallest absolute Gasteiger partial charge is 0.172 e. The molecule has 0 unspecified atom stereocenters. The highest BCUT2D eigenvalue weighted by Gasteiger charge is 2.15. The predicted octanol–water partition coefficient (Wildman–Crippen LogP) is 5.17. The average Bonchev–Trinajstić information content (AvgIpc) is 2.72. The van der Waals surface area contributed by atoms with Gasteiger partial charge in [0.25, 0.3) is 0 Å². The molecule has 0 spiro atoms. The van der Waals surface area contributed by atoms with Crippen LogP contribution in [0, 0.1) is 11.3 Å². The molecule has 0 saturated carbocycles. The molecule has 3 aromatic rings. The summed E-state index contributed by atoms with van der Waals surface area (Å²) in [7, 11) is 5.35. The number of ether oxygens (including phenoxy) is 1. The van der Waals surface area contributed by atoms with Crippen LogP contribution >= 0.6 is 11.6 Å². The number of hydrogen-bond acceptors (Lipinski definition) is 4. The highest BCUT2D eigenvalue weighted by Crippen LogP contribution is 2.34. The quantitative estimate of drug-likeness (QED) is 0.445. The number of aromatic nitrogens is 1. The largest absolute Gasteiger partial charge is 0.497 e. The summed E-state index contributed by atoms with van der Waals surface area (Å²) in [4.78, 5) is 10.8. The Morgan fingerprint density at radius 3 is 2.50 bits per heavy atom. The van der Waals surface area contributed by atoms with Gasteiger partial charge in [0.15, 0.2) is 5.82 Å². The molecule has 0 amide bonds. The molecule has 2 aromatic carbocycles. The average molecular weight is 391 g/mol. The molecule has 28 heavy (non-hydrogen) atoms. The van der Waals surface area contributed by atoms with Gasteiger partial charge in [-0.15, -0.1) is 0 Å². The van der Waals surface area contributed by atoms with Crippen molar-refractivity contribution in [2.45, 2.75) is 0 Å². The summed E-state index contributed by atoms with van der Waals surface area (Å²) >= 11 is 6.03. The fourth-order valence-corrected chi connectivity index (χ4v) is 2.82. The summed E-state index contributed by atoms with van der Waals surface area (Å²) in [6, 6.07) is 19.1. The van der Waals surface area contributed by atoms with Gasteiger partial charge >= 0.3 is 0 Å². The molecule has 1 heterocycles. The third kappa shape index (κ3) is 4.30. The molecule has 3 rings (SSSR count). The fourth-order valence-electron chi connectivity index (χ4n) is 2.69. The summed E-state index contributed by atoms with van der Waals surface area (Å²) < 4.78 is 5.33. The number of nitriles is 1. The van der Waals surface area contributed by atoms with E-state index in [1.807, 2.05) is 56.6 Å². The van der Waals surface area contributed by atoms with Gasteiger partial charge in [-0.1, -0.05) is 35.9 Å². The van der Waals surface area contributed by atoms with Crippen LogP contribution in [0.3, 0.4) is 0 Å². The maximum atomic E-state index is 9.80. The van der Waals surface area contributed by atoms with Gasteiger partial charge in [0, 0.05) is 30.2 Å². The standard InChI is InChI=1S/C22H19ClN4O/c1-27(2)14-25-22-20(13-24)19(15-7-9-17(23)10-8-15)12-21(26-22)16-5-4-6-18(11-16)28-3/h4-12,14H,1-3H3/b25-14+. The van der Waals surface area contributed by atoms with Gasteiger partial charge in [-0.05, 0) is 35.9 Å². The molecule has 6 heteroatoms. The predicted molar refractivity (Wildman–Crippen MR) is 113 cm³/mol. The van der Waals surface area contributed by atoms with Gasteiger partial charge < -0.3 is 9.64 Å². The fraction of sp³-hybridized carbons (Fsp3) is 0.136. The first-order valence-corrected chi connectivity index (χ1v) is 8.95. The van der Waals surface area contributed by atoms with Gasteiger partial charge in [-0.3, -0.25) is 0 Å². The normalized spacial score (nSPS) is 10.7. The molecule has 1 aromatic heterocycles. The summed E-state index contributed by atoms with van der Waals surface area (Å²) in [5.74, 6) is 1.09. The first-order valence-electron chi connectivity index (χ1n) is 8.58. The van der Waals surface area contributed by atoms with Crippen LogP contribution in [-0.2, 0) is 0 Å². The first-order chi connectivity index (χ1) is 13.5. The lowest BCUT2D eigenvalue weighted by Gasteiger charge is -2.12. The van der Waals surface area contributed by atoms with E-state index in [0.29, 0.717) is 22.1 Å². The molecular formula is C22H19ClN4O. The zero-order chi connectivity index (χ0) is 20.1. The number of rotatable bonds is 5. The van der Waals surface area contributed by atoms with Crippen LogP contribution in [0.5, 0.6) is 5.75 Å². The van der Waals surface area contributed by atoms with E-state index in [2.05, 4.69) is 16.0 Å². The Morgan fingerprint density at radius 2 is 1.86 bits per heavy atom. The van der Waals surface area contributed by atoms with Gasteiger partial charge in [0.2, 0.25) is 0 Å². The van der Waals surface area contributed by atoms with Gasteiger partial charge in [-0.2, -0.15) is 5.26 Å². The van der Waals surface area contributed by atoms with Crippen LogP contribution < -0.4 is 4.74 Å². The van der Waals surface area contributed by atoms with Crippen LogP contribution in [0.15, 0.2) is 59.6 Å². The van der Waals surface area contributed by atoms with Crippen molar-refractivity contribution >= 4 is 23.8 Å². The SMILES string of the molecule is COc1cccc(-c2cc(-c3ccc(Cl)cc3)c(C#N)c(/N=C/N(C)C)n2)c1. The van der Waals surface area contributed by atoms with Crippen molar-refractivity contribution in [1.82, 2.24) is 9.88 Å². The number of pyridine rings is 1. The van der Waals surface area contributed by atoms with Crippen molar-refractivity contribution in [2.75, 3.05) is 21.2 Å². The van der Waals surface area contributed by atoms with Crippen molar-refractivity contribution in [3.05, 3.63) is 65.2 Å². The Hall–Kier alpha value is -3.36. The van der Waals surface area contributed by atoms with Crippen LogP contribution in [0.25, 0.3) is 22.4 Å². The monoisotopic (exact) mass is 390 g/mol. The van der Waals surface area contributed by atoms with Gasteiger partial charge in [0.05, 0.1) is 19.1 Å². The van der Waals surface area contributed by atoms with E-state index in [1.165, 1.54) is 0 Å². The Labute approximate surface area is 169 Å². The molecule has 140 valence electrons. The van der Waals surface area contributed by atoms with E-state index in [-0.39, 0.29) is 0 Å². The summed E-state index contributed by atoms with van der Waals surface area (Å²) in [6.07, 6.45) is 1.63. The highest BCUT2D eigenvalue weighted by molar-refractivity contribution is 6.30. The summed E-state index contributed by atoms with van der Waals surface area (Å²) in [5, 5.41) is 10.4. The van der Waals surface area contributed by atoms with Crippen LogP contribution in [0.1, 0.15) is 5.56 Å². The van der Waals surface area contributed by atoms with Crippen molar-refractivity contribution in [2.24, 2.45) is 4.99 Å². The minimum Gasteiger partial charge on any atom is -0.497 e.